The van der Waals surface area contributed by atoms with Crippen molar-refractivity contribution in [2.45, 2.75) is 6.42 Å². The van der Waals surface area contributed by atoms with Crippen LogP contribution in [-0.4, -0.2) is 5.91 Å². The third-order valence-electron chi connectivity index (χ3n) is 5.14. The van der Waals surface area contributed by atoms with Crippen molar-refractivity contribution in [1.82, 2.24) is 0 Å². The maximum Gasteiger partial charge on any atom is 0.336 e. The minimum absolute atomic E-state index is 0.0870. The van der Waals surface area contributed by atoms with Gasteiger partial charge in [0.2, 0.25) is 5.91 Å². The van der Waals surface area contributed by atoms with Crippen LogP contribution in [0.1, 0.15) is 5.56 Å². The summed E-state index contributed by atoms with van der Waals surface area (Å²) in [7, 11) is 0. The monoisotopic (exact) mass is 379 g/mol. The number of hydrogen-bond acceptors (Lipinski definition) is 3. The first-order valence-corrected chi connectivity index (χ1v) is 9.41. The van der Waals surface area contributed by atoms with Crippen molar-refractivity contribution in [2.75, 3.05) is 5.32 Å². The standard InChI is InChI=1S/C25H17NO3/c27-23(26-22-11-5-8-16-6-1-3-9-19(16)22)14-18-15-24(28)29-25-20-10-4-2-7-17(20)12-13-21(18)25/h1-13,15H,14H2,(H,26,27). The van der Waals surface area contributed by atoms with E-state index in [-0.39, 0.29) is 12.3 Å². The molecule has 0 unspecified atom stereocenters. The summed E-state index contributed by atoms with van der Waals surface area (Å²) < 4.78 is 5.49. The Morgan fingerprint density at radius 1 is 0.759 bits per heavy atom. The highest BCUT2D eigenvalue weighted by Gasteiger charge is 2.13. The summed E-state index contributed by atoms with van der Waals surface area (Å²) in [6, 6.07) is 26.7. The molecule has 0 saturated carbocycles. The molecule has 4 nitrogen and oxygen atoms in total. The molecule has 0 bridgehead atoms. The number of carbonyl (C=O) groups is 1. The molecule has 1 heterocycles. The number of rotatable bonds is 3. The number of nitrogens with one attached hydrogen (secondary N) is 1. The zero-order valence-electron chi connectivity index (χ0n) is 15.5. The van der Waals surface area contributed by atoms with Crippen LogP contribution < -0.4 is 10.9 Å². The Kier molecular flexibility index (Phi) is 4.10. The molecule has 1 amide bonds. The van der Waals surface area contributed by atoms with Crippen LogP contribution in [0.5, 0.6) is 0 Å². The van der Waals surface area contributed by atoms with Crippen LogP contribution in [0.15, 0.2) is 94.1 Å². The van der Waals surface area contributed by atoms with Gasteiger partial charge in [0.25, 0.3) is 0 Å². The lowest BCUT2D eigenvalue weighted by molar-refractivity contribution is -0.115. The van der Waals surface area contributed by atoms with Crippen LogP contribution in [0.3, 0.4) is 0 Å². The topological polar surface area (TPSA) is 59.3 Å². The minimum atomic E-state index is -0.457. The zero-order chi connectivity index (χ0) is 19.8. The predicted octanol–water partition coefficient (Wildman–Crippen LogP) is 5.28. The van der Waals surface area contributed by atoms with E-state index in [1.54, 1.807) is 0 Å². The summed E-state index contributed by atoms with van der Waals surface area (Å²) in [6.07, 6.45) is 0.0870. The van der Waals surface area contributed by atoms with Crippen molar-refractivity contribution < 1.29 is 9.21 Å². The third-order valence-corrected chi connectivity index (χ3v) is 5.14. The van der Waals surface area contributed by atoms with Gasteiger partial charge < -0.3 is 9.73 Å². The molecule has 0 aliphatic rings. The fraction of sp³-hybridized carbons (Fsp3) is 0.0400. The largest absolute Gasteiger partial charge is 0.422 e. The van der Waals surface area contributed by atoms with Crippen LogP contribution in [0.2, 0.25) is 0 Å². The van der Waals surface area contributed by atoms with E-state index in [2.05, 4.69) is 5.32 Å². The Balaban J connectivity index is 1.54. The smallest absolute Gasteiger partial charge is 0.336 e. The lowest BCUT2D eigenvalue weighted by Crippen LogP contribution is -2.16. The number of hydrogen-bond donors (Lipinski definition) is 1. The average molecular weight is 379 g/mol. The van der Waals surface area contributed by atoms with E-state index in [1.807, 2.05) is 78.9 Å². The maximum absolute atomic E-state index is 12.8. The molecule has 0 aliphatic carbocycles. The quantitative estimate of drug-likeness (QED) is 0.343. The Labute approximate surface area is 166 Å². The van der Waals surface area contributed by atoms with Gasteiger partial charge in [-0.25, -0.2) is 4.79 Å². The molecule has 0 spiro atoms. The summed E-state index contributed by atoms with van der Waals surface area (Å²) in [4.78, 5) is 25.0. The van der Waals surface area contributed by atoms with Gasteiger partial charge >= 0.3 is 5.63 Å². The summed E-state index contributed by atoms with van der Waals surface area (Å²) in [5.41, 5.74) is 1.47. The number of benzene rings is 4. The number of fused-ring (bicyclic) bond motifs is 4. The second kappa shape index (κ2) is 6.91. The zero-order valence-corrected chi connectivity index (χ0v) is 15.5. The highest BCUT2D eigenvalue weighted by Crippen LogP contribution is 2.27. The highest BCUT2D eigenvalue weighted by atomic mass is 16.4. The second-order valence-corrected chi connectivity index (χ2v) is 7.01. The molecule has 0 saturated heterocycles. The molecular weight excluding hydrogens is 362 g/mol. The van der Waals surface area contributed by atoms with Crippen molar-refractivity contribution in [3.63, 3.8) is 0 Å². The second-order valence-electron chi connectivity index (χ2n) is 7.01. The molecule has 4 aromatic carbocycles. The Bertz CT molecular complexity index is 1440. The summed E-state index contributed by atoms with van der Waals surface area (Å²) in [5, 5.41) is 7.64. The molecule has 5 rings (SSSR count). The first kappa shape index (κ1) is 17.2. The van der Waals surface area contributed by atoms with Gasteiger partial charge in [0, 0.05) is 27.9 Å². The Hall–Kier alpha value is -3.92. The molecule has 0 radical (unpaired) electrons. The normalized spacial score (nSPS) is 11.2. The van der Waals surface area contributed by atoms with Gasteiger partial charge in [-0.05, 0) is 22.4 Å². The number of anilines is 1. The molecule has 1 aromatic heterocycles. The number of carbonyl (C=O) groups excluding carboxylic acids is 1. The fourth-order valence-electron chi connectivity index (χ4n) is 3.80. The maximum atomic E-state index is 12.8. The first-order chi connectivity index (χ1) is 14.2. The van der Waals surface area contributed by atoms with Crippen LogP contribution >= 0.6 is 0 Å². The Morgan fingerprint density at radius 3 is 2.28 bits per heavy atom. The molecule has 140 valence electrons. The van der Waals surface area contributed by atoms with Gasteiger partial charge in [-0.1, -0.05) is 72.8 Å². The van der Waals surface area contributed by atoms with Gasteiger partial charge in [-0.15, -0.1) is 0 Å². The van der Waals surface area contributed by atoms with E-state index >= 15 is 0 Å². The lowest BCUT2D eigenvalue weighted by atomic mass is 10.0. The van der Waals surface area contributed by atoms with Gasteiger partial charge in [0.1, 0.15) is 5.58 Å². The van der Waals surface area contributed by atoms with Crippen molar-refractivity contribution in [1.29, 1.82) is 0 Å². The summed E-state index contributed by atoms with van der Waals surface area (Å²) in [5.74, 6) is -0.179. The van der Waals surface area contributed by atoms with Crippen LogP contribution in [-0.2, 0) is 11.2 Å². The van der Waals surface area contributed by atoms with Gasteiger partial charge in [0.15, 0.2) is 0 Å². The van der Waals surface area contributed by atoms with Crippen molar-refractivity contribution >= 4 is 44.1 Å². The first-order valence-electron chi connectivity index (χ1n) is 9.41. The molecule has 5 aromatic rings. The molecule has 1 N–H and O–H groups in total. The highest BCUT2D eigenvalue weighted by molar-refractivity contribution is 6.07. The minimum Gasteiger partial charge on any atom is -0.422 e. The SMILES string of the molecule is O=C(Cc1cc(=O)oc2c1ccc1ccccc12)Nc1cccc2ccccc12. The molecule has 0 atom stereocenters. The van der Waals surface area contributed by atoms with Crippen LogP contribution in [0, 0.1) is 0 Å². The summed E-state index contributed by atoms with van der Waals surface area (Å²) >= 11 is 0. The fourth-order valence-corrected chi connectivity index (χ4v) is 3.80. The molecule has 4 heteroatoms. The van der Waals surface area contributed by atoms with E-state index in [4.69, 9.17) is 4.42 Å². The molecule has 29 heavy (non-hydrogen) atoms. The van der Waals surface area contributed by atoms with Crippen LogP contribution in [0.4, 0.5) is 5.69 Å². The summed E-state index contributed by atoms with van der Waals surface area (Å²) in [6.45, 7) is 0. The molecular formula is C25H17NO3. The van der Waals surface area contributed by atoms with Crippen molar-refractivity contribution in [3.05, 3.63) is 101 Å². The molecule has 0 aliphatic heterocycles. The van der Waals surface area contributed by atoms with E-state index < -0.39 is 5.63 Å². The van der Waals surface area contributed by atoms with E-state index in [0.29, 0.717) is 11.1 Å². The van der Waals surface area contributed by atoms with Gasteiger partial charge in [-0.3, -0.25) is 4.79 Å². The molecule has 0 fully saturated rings. The van der Waals surface area contributed by atoms with Gasteiger partial charge in [0.05, 0.1) is 6.42 Å². The van der Waals surface area contributed by atoms with E-state index in [0.717, 1.165) is 32.6 Å². The van der Waals surface area contributed by atoms with E-state index in [9.17, 15) is 9.59 Å². The predicted molar refractivity (Wildman–Crippen MR) is 116 cm³/mol. The van der Waals surface area contributed by atoms with E-state index in [1.165, 1.54) is 6.07 Å². The number of amides is 1. The Morgan fingerprint density at radius 2 is 1.45 bits per heavy atom. The van der Waals surface area contributed by atoms with Crippen molar-refractivity contribution in [3.8, 4) is 0 Å². The lowest BCUT2D eigenvalue weighted by Gasteiger charge is -2.10. The average Bonchev–Trinajstić information content (AvgIpc) is 2.74. The third kappa shape index (κ3) is 3.15. The van der Waals surface area contributed by atoms with Crippen LogP contribution in [0.25, 0.3) is 32.5 Å². The van der Waals surface area contributed by atoms with Gasteiger partial charge in [-0.2, -0.15) is 0 Å². The van der Waals surface area contributed by atoms with Crippen molar-refractivity contribution in [2.24, 2.45) is 0 Å².